The molecule has 98 valence electrons. The first kappa shape index (κ1) is 12.0. The summed E-state index contributed by atoms with van der Waals surface area (Å²) in [6.45, 7) is 0. The molecule has 0 aliphatic carbocycles. The third-order valence-electron chi connectivity index (χ3n) is 2.68. The lowest BCUT2D eigenvalue weighted by Gasteiger charge is -2.05. The van der Waals surface area contributed by atoms with Gasteiger partial charge in [-0.15, -0.1) is 11.3 Å². The molecule has 0 fully saturated rings. The number of carbonyl (C=O) groups is 1. The summed E-state index contributed by atoms with van der Waals surface area (Å²) in [5.41, 5.74) is -0.405. The fourth-order valence-electron chi connectivity index (χ4n) is 1.83. The van der Waals surface area contributed by atoms with Gasteiger partial charge in [0.2, 0.25) is 0 Å². The summed E-state index contributed by atoms with van der Waals surface area (Å²) in [6, 6.07) is 3.29. The Labute approximate surface area is 107 Å². The zero-order chi connectivity index (χ0) is 13.8. The van der Waals surface area contributed by atoms with Crippen LogP contribution in [0.1, 0.15) is 16.1 Å². The molecular weight excluding hydrogens is 281 g/mol. The molecule has 4 nitrogen and oxygen atoms in total. The van der Waals surface area contributed by atoms with Crippen molar-refractivity contribution in [2.45, 2.75) is 6.18 Å². The number of carboxylic acid groups (broad SMARTS) is 1. The van der Waals surface area contributed by atoms with Crippen LogP contribution >= 0.6 is 11.3 Å². The van der Waals surface area contributed by atoms with Gasteiger partial charge in [-0.3, -0.25) is 4.40 Å². The molecule has 8 heteroatoms. The number of alkyl halides is 3. The molecule has 0 amide bonds. The highest BCUT2D eigenvalue weighted by Crippen LogP contribution is 2.35. The monoisotopic (exact) mass is 286 g/mol. The molecule has 1 N–H and O–H groups in total. The van der Waals surface area contributed by atoms with E-state index in [1.165, 1.54) is 16.8 Å². The van der Waals surface area contributed by atoms with Gasteiger partial charge in [-0.25, -0.2) is 9.78 Å². The number of thiazole rings is 1. The molecule has 0 aliphatic heterocycles. The molecule has 3 aromatic rings. The second kappa shape index (κ2) is 3.70. The minimum absolute atomic E-state index is 0.158. The Kier molecular flexibility index (Phi) is 2.33. The lowest BCUT2D eigenvalue weighted by Crippen LogP contribution is -2.03. The third kappa shape index (κ3) is 1.75. The lowest BCUT2D eigenvalue weighted by atomic mass is 10.2. The summed E-state index contributed by atoms with van der Waals surface area (Å²) in [4.78, 5) is 15.0. The molecule has 0 unspecified atom stereocenters. The predicted molar refractivity (Wildman–Crippen MR) is 62.5 cm³/mol. The first-order chi connectivity index (χ1) is 8.88. The number of rotatable bonds is 1. The number of benzene rings is 1. The Balaban J connectivity index is 2.31. The number of imidazole rings is 1. The number of hydrogen-bond donors (Lipinski definition) is 1. The Hall–Kier alpha value is -2.09. The highest BCUT2D eigenvalue weighted by molar-refractivity contribution is 7.24. The maximum Gasteiger partial charge on any atom is 0.416 e. The van der Waals surface area contributed by atoms with Gasteiger partial charge in [0, 0.05) is 0 Å². The van der Waals surface area contributed by atoms with E-state index >= 15 is 0 Å². The van der Waals surface area contributed by atoms with Crippen LogP contribution in [0.5, 0.6) is 0 Å². The summed E-state index contributed by atoms with van der Waals surface area (Å²) in [6.07, 6.45) is -3.12. The van der Waals surface area contributed by atoms with Crippen molar-refractivity contribution in [2.24, 2.45) is 0 Å². The van der Waals surface area contributed by atoms with E-state index in [1.54, 1.807) is 0 Å². The van der Waals surface area contributed by atoms with Gasteiger partial charge in [-0.05, 0) is 18.2 Å². The van der Waals surface area contributed by atoms with Crippen molar-refractivity contribution in [1.29, 1.82) is 0 Å². The Morgan fingerprint density at radius 3 is 2.74 bits per heavy atom. The molecule has 0 radical (unpaired) electrons. The van der Waals surface area contributed by atoms with Crippen molar-refractivity contribution in [2.75, 3.05) is 0 Å². The number of halogens is 3. The van der Waals surface area contributed by atoms with Gasteiger partial charge in [0.25, 0.3) is 0 Å². The molecule has 19 heavy (non-hydrogen) atoms. The lowest BCUT2D eigenvalue weighted by molar-refractivity contribution is -0.137. The molecule has 2 heterocycles. The van der Waals surface area contributed by atoms with Crippen LogP contribution in [0.2, 0.25) is 0 Å². The van der Waals surface area contributed by atoms with E-state index in [9.17, 15) is 18.0 Å². The number of hydrogen-bond acceptors (Lipinski definition) is 3. The van der Waals surface area contributed by atoms with Crippen LogP contribution in [-0.2, 0) is 6.18 Å². The first-order valence-corrected chi connectivity index (χ1v) is 5.89. The van der Waals surface area contributed by atoms with Crippen molar-refractivity contribution in [1.82, 2.24) is 9.38 Å². The van der Waals surface area contributed by atoms with Gasteiger partial charge in [0.1, 0.15) is 11.2 Å². The summed E-state index contributed by atoms with van der Waals surface area (Å²) in [5, 5.41) is 8.93. The number of carboxylic acids is 1. The second-order valence-electron chi connectivity index (χ2n) is 3.86. The average Bonchev–Trinajstić information content (AvgIpc) is 2.84. The van der Waals surface area contributed by atoms with Crippen LogP contribution in [0.3, 0.4) is 0 Å². The van der Waals surface area contributed by atoms with Crippen molar-refractivity contribution in [3.63, 3.8) is 0 Å². The van der Waals surface area contributed by atoms with Crippen LogP contribution in [0.15, 0.2) is 24.5 Å². The molecule has 3 rings (SSSR count). The quantitative estimate of drug-likeness (QED) is 0.747. The van der Waals surface area contributed by atoms with Gasteiger partial charge in [-0.1, -0.05) is 0 Å². The van der Waals surface area contributed by atoms with Crippen LogP contribution in [0, 0.1) is 0 Å². The maximum absolute atomic E-state index is 12.6. The molecule has 0 atom stereocenters. The summed E-state index contributed by atoms with van der Waals surface area (Å²) in [5.74, 6) is -1.20. The van der Waals surface area contributed by atoms with Gasteiger partial charge in [0.05, 0.1) is 15.8 Å². The Morgan fingerprint density at radius 2 is 2.11 bits per heavy atom. The SMILES string of the molecule is O=C(O)c1ncn2c1sc1cc(C(F)(F)F)ccc12. The normalized spacial score (nSPS) is 12.4. The van der Waals surface area contributed by atoms with E-state index in [4.69, 9.17) is 5.11 Å². The fraction of sp³-hybridized carbons (Fsp3) is 0.0909. The predicted octanol–water partition coefficient (Wildman–Crippen LogP) is 3.27. The molecule has 0 saturated heterocycles. The zero-order valence-corrected chi connectivity index (χ0v) is 9.92. The van der Waals surface area contributed by atoms with E-state index in [2.05, 4.69) is 4.98 Å². The average molecular weight is 286 g/mol. The first-order valence-electron chi connectivity index (χ1n) is 5.08. The maximum atomic E-state index is 12.6. The molecule has 0 saturated carbocycles. The Morgan fingerprint density at radius 1 is 1.37 bits per heavy atom. The van der Waals surface area contributed by atoms with E-state index in [1.807, 2.05) is 0 Å². The minimum Gasteiger partial charge on any atom is -0.476 e. The van der Waals surface area contributed by atoms with Crippen molar-refractivity contribution in [3.8, 4) is 0 Å². The van der Waals surface area contributed by atoms with E-state index in [0.29, 0.717) is 15.0 Å². The highest BCUT2D eigenvalue weighted by atomic mass is 32.1. The molecule has 0 aliphatic rings. The largest absolute Gasteiger partial charge is 0.476 e. The fourth-order valence-corrected chi connectivity index (χ4v) is 2.97. The van der Waals surface area contributed by atoms with E-state index < -0.39 is 17.7 Å². The Bertz CT molecular complexity index is 803. The van der Waals surface area contributed by atoms with Crippen LogP contribution in [0.25, 0.3) is 15.0 Å². The van der Waals surface area contributed by atoms with Crippen molar-refractivity contribution < 1.29 is 23.1 Å². The number of aromatic carboxylic acids is 1. The smallest absolute Gasteiger partial charge is 0.416 e. The van der Waals surface area contributed by atoms with E-state index in [0.717, 1.165) is 23.5 Å². The number of nitrogens with zero attached hydrogens (tertiary/aromatic N) is 2. The second-order valence-corrected chi connectivity index (χ2v) is 4.89. The topological polar surface area (TPSA) is 54.6 Å². The van der Waals surface area contributed by atoms with Crippen LogP contribution < -0.4 is 0 Å². The van der Waals surface area contributed by atoms with Crippen LogP contribution in [-0.4, -0.2) is 20.5 Å². The number of aromatic nitrogens is 2. The number of fused-ring (bicyclic) bond motifs is 3. The molecule has 1 aromatic carbocycles. The van der Waals surface area contributed by atoms with E-state index in [-0.39, 0.29) is 5.69 Å². The molecule has 0 bridgehead atoms. The summed E-state index contributed by atoms with van der Waals surface area (Å²) in [7, 11) is 0. The minimum atomic E-state index is -4.42. The van der Waals surface area contributed by atoms with Gasteiger partial charge in [0.15, 0.2) is 5.69 Å². The van der Waals surface area contributed by atoms with Gasteiger partial charge >= 0.3 is 12.1 Å². The molecule has 2 aromatic heterocycles. The zero-order valence-electron chi connectivity index (χ0n) is 9.10. The van der Waals surface area contributed by atoms with Crippen molar-refractivity contribution >= 4 is 32.4 Å². The van der Waals surface area contributed by atoms with Crippen LogP contribution in [0.4, 0.5) is 13.2 Å². The van der Waals surface area contributed by atoms with Gasteiger partial charge in [-0.2, -0.15) is 13.2 Å². The summed E-state index contributed by atoms with van der Waals surface area (Å²) >= 11 is 0.973. The van der Waals surface area contributed by atoms with Crippen molar-refractivity contribution in [3.05, 3.63) is 35.8 Å². The van der Waals surface area contributed by atoms with Gasteiger partial charge < -0.3 is 5.11 Å². The standard InChI is InChI=1S/C11H5F3N2O2S/c12-11(13,14)5-1-2-6-7(3-5)19-9-8(10(17)18)15-4-16(6)9/h1-4H,(H,17,18). The molecular formula is C11H5F3N2O2S. The summed E-state index contributed by atoms with van der Waals surface area (Å²) < 4.78 is 39.6. The highest BCUT2D eigenvalue weighted by Gasteiger charge is 2.31. The molecule has 0 spiro atoms. The third-order valence-corrected chi connectivity index (χ3v) is 3.81.